The Morgan fingerprint density at radius 2 is 1.81 bits per heavy atom. The number of carbonyl (C=O) groups excluding carboxylic acids is 1. The molecule has 2 N–H and O–H groups in total. The van der Waals surface area contributed by atoms with Gasteiger partial charge in [0.1, 0.15) is 0 Å². The highest BCUT2D eigenvalue weighted by Gasteiger charge is 2.10. The molecule has 6 heteroatoms. The van der Waals surface area contributed by atoms with E-state index in [9.17, 15) is 4.79 Å². The van der Waals surface area contributed by atoms with Crippen molar-refractivity contribution in [2.45, 2.75) is 20.8 Å². The summed E-state index contributed by atoms with van der Waals surface area (Å²) in [6.07, 6.45) is 1.67. The molecule has 2 amide bonds. The molecule has 1 aromatic heterocycles. The third-order valence-electron chi connectivity index (χ3n) is 4.27. The summed E-state index contributed by atoms with van der Waals surface area (Å²) in [4.78, 5) is 11.9. The van der Waals surface area contributed by atoms with Crippen molar-refractivity contribution in [2.75, 3.05) is 5.32 Å². The molecule has 3 rings (SSSR count). The van der Waals surface area contributed by atoms with E-state index in [0.717, 1.165) is 28.3 Å². The van der Waals surface area contributed by atoms with Crippen LogP contribution in [0, 0.1) is 24.3 Å². The van der Waals surface area contributed by atoms with Crippen LogP contribution in [0.25, 0.3) is 5.69 Å². The van der Waals surface area contributed by atoms with Crippen LogP contribution in [0.2, 0.25) is 0 Å². The van der Waals surface area contributed by atoms with Gasteiger partial charge in [-0.15, -0.1) is 0 Å². The molecule has 0 saturated carbocycles. The van der Waals surface area contributed by atoms with Gasteiger partial charge in [-0.05, 0) is 85.3 Å². The van der Waals surface area contributed by atoms with Crippen LogP contribution in [-0.4, -0.2) is 16.8 Å². The average molecular weight is 472 g/mol. The number of anilines is 1. The maximum Gasteiger partial charge on any atom is 0.339 e. The van der Waals surface area contributed by atoms with E-state index in [-0.39, 0.29) is 6.03 Å². The molecule has 0 spiro atoms. The molecule has 0 bridgehead atoms. The molecule has 0 aliphatic heterocycles. The second-order valence-electron chi connectivity index (χ2n) is 6.29. The molecule has 0 aliphatic rings. The maximum atomic E-state index is 11.9. The third kappa shape index (κ3) is 4.57. The quantitative estimate of drug-likeness (QED) is 0.308. The summed E-state index contributed by atoms with van der Waals surface area (Å²) in [6, 6.07) is 17.3. The second kappa shape index (κ2) is 8.39. The number of hydrogen-bond acceptors (Lipinski definition) is 2. The monoisotopic (exact) mass is 472 g/mol. The van der Waals surface area contributed by atoms with Gasteiger partial charge in [-0.3, -0.25) is 0 Å². The van der Waals surface area contributed by atoms with Gasteiger partial charge < -0.3 is 9.88 Å². The number of nitrogens with one attached hydrogen (secondary N) is 2. The Hall–Kier alpha value is -2.61. The van der Waals surface area contributed by atoms with E-state index in [0.29, 0.717) is 0 Å². The van der Waals surface area contributed by atoms with Gasteiger partial charge in [0.2, 0.25) is 0 Å². The Morgan fingerprint density at radius 1 is 1.07 bits per heavy atom. The third-order valence-corrected chi connectivity index (χ3v) is 5.48. The number of nitrogens with zero attached hydrogens (tertiary/aromatic N) is 2. The number of carbonyl (C=O) groups is 1. The SMILES string of the molecule is Cc1cc(-n2c(C)cc(/C=N/NC(=O)Nc3ccccc3)c2C)ccc1I. The lowest BCUT2D eigenvalue weighted by molar-refractivity contribution is 0.252. The minimum atomic E-state index is -0.375. The van der Waals surface area contributed by atoms with Gasteiger partial charge in [-0.1, -0.05) is 18.2 Å². The van der Waals surface area contributed by atoms with Gasteiger partial charge >= 0.3 is 6.03 Å². The lowest BCUT2D eigenvalue weighted by Crippen LogP contribution is -2.24. The number of rotatable bonds is 4. The number of halogens is 1. The van der Waals surface area contributed by atoms with Gasteiger partial charge in [0.05, 0.1) is 6.21 Å². The number of aryl methyl sites for hydroxylation is 2. The van der Waals surface area contributed by atoms with Crippen molar-refractivity contribution in [1.29, 1.82) is 0 Å². The molecule has 0 atom stereocenters. The van der Waals surface area contributed by atoms with Crippen molar-refractivity contribution < 1.29 is 4.79 Å². The van der Waals surface area contributed by atoms with E-state index < -0.39 is 0 Å². The standard InChI is InChI=1S/C21H21IN4O/c1-14-11-19(9-10-20(14)22)26-15(2)12-17(16(26)3)13-23-25-21(27)24-18-7-5-4-6-8-18/h4-13H,1-3H3,(H2,24,25,27)/b23-13+. The zero-order valence-electron chi connectivity index (χ0n) is 15.5. The minimum absolute atomic E-state index is 0.375. The van der Waals surface area contributed by atoms with Crippen LogP contribution >= 0.6 is 22.6 Å². The number of amides is 2. The first-order valence-corrected chi connectivity index (χ1v) is 9.64. The number of hydrazone groups is 1. The summed E-state index contributed by atoms with van der Waals surface area (Å²) in [5, 5.41) is 6.80. The van der Waals surface area contributed by atoms with Crippen LogP contribution in [0.5, 0.6) is 0 Å². The molecule has 27 heavy (non-hydrogen) atoms. The van der Waals surface area contributed by atoms with Crippen LogP contribution in [0.15, 0.2) is 59.7 Å². The first-order chi connectivity index (χ1) is 13.0. The molecular formula is C21H21IN4O. The lowest BCUT2D eigenvalue weighted by atomic mass is 10.2. The first kappa shape index (κ1) is 19.2. The van der Waals surface area contributed by atoms with E-state index in [2.05, 4.69) is 81.1 Å². The number of para-hydroxylation sites is 1. The molecule has 0 aliphatic carbocycles. The van der Waals surface area contributed by atoms with Crippen LogP contribution in [0.3, 0.4) is 0 Å². The van der Waals surface area contributed by atoms with Crippen molar-refractivity contribution in [3.63, 3.8) is 0 Å². The van der Waals surface area contributed by atoms with Crippen LogP contribution in [-0.2, 0) is 0 Å². The van der Waals surface area contributed by atoms with E-state index >= 15 is 0 Å². The Balaban J connectivity index is 1.73. The molecule has 1 heterocycles. The maximum absolute atomic E-state index is 11.9. The molecule has 0 saturated heterocycles. The lowest BCUT2D eigenvalue weighted by Gasteiger charge is -2.11. The van der Waals surface area contributed by atoms with Crippen LogP contribution in [0.1, 0.15) is 22.5 Å². The molecule has 2 aromatic carbocycles. The fourth-order valence-corrected chi connectivity index (χ4v) is 3.26. The molecule has 0 unspecified atom stereocenters. The summed E-state index contributed by atoms with van der Waals surface area (Å²) in [7, 11) is 0. The van der Waals surface area contributed by atoms with Crippen molar-refractivity contribution in [3.8, 4) is 5.69 Å². The van der Waals surface area contributed by atoms with Gasteiger partial charge in [0.25, 0.3) is 0 Å². The second-order valence-corrected chi connectivity index (χ2v) is 7.45. The van der Waals surface area contributed by atoms with Crippen molar-refractivity contribution in [1.82, 2.24) is 9.99 Å². The number of urea groups is 1. The van der Waals surface area contributed by atoms with Crippen LogP contribution in [0.4, 0.5) is 10.5 Å². The van der Waals surface area contributed by atoms with Crippen LogP contribution < -0.4 is 10.7 Å². The number of aromatic nitrogens is 1. The molecule has 3 aromatic rings. The number of hydrogen-bond donors (Lipinski definition) is 2. The first-order valence-electron chi connectivity index (χ1n) is 8.56. The average Bonchev–Trinajstić information content (AvgIpc) is 2.92. The number of benzene rings is 2. The summed E-state index contributed by atoms with van der Waals surface area (Å²) >= 11 is 2.34. The Bertz CT molecular complexity index is 993. The summed E-state index contributed by atoms with van der Waals surface area (Å²) in [5.74, 6) is 0. The summed E-state index contributed by atoms with van der Waals surface area (Å²) in [5.41, 5.74) is 8.74. The molecular weight excluding hydrogens is 451 g/mol. The fourth-order valence-electron chi connectivity index (χ4n) is 2.92. The summed E-state index contributed by atoms with van der Waals surface area (Å²) < 4.78 is 3.43. The van der Waals surface area contributed by atoms with Gasteiger partial charge in [0, 0.05) is 31.9 Å². The van der Waals surface area contributed by atoms with Gasteiger partial charge in [-0.2, -0.15) is 5.10 Å². The van der Waals surface area contributed by atoms with Crippen molar-refractivity contribution >= 4 is 40.5 Å². The Morgan fingerprint density at radius 3 is 2.52 bits per heavy atom. The smallest absolute Gasteiger partial charge is 0.318 e. The Labute approximate surface area is 172 Å². The minimum Gasteiger partial charge on any atom is -0.318 e. The van der Waals surface area contributed by atoms with Gasteiger partial charge in [0.15, 0.2) is 0 Å². The van der Waals surface area contributed by atoms with Crippen molar-refractivity contribution in [3.05, 3.63) is 80.7 Å². The topological polar surface area (TPSA) is 58.4 Å². The highest BCUT2D eigenvalue weighted by atomic mass is 127. The zero-order chi connectivity index (χ0) is 19.4. The molecule has 0 fully saturated rings. The summed E-state index contributed by atoms with van der Waals surface area (Å²) in [6.45, 7) is 6.22. The van der Waals surface area contributed by atoms with E-state index in [1.807, 2.05) is 37.3 Å². The normalized spacial score (nSPS) is 11.0. The van der Waals surface area contributed by atoms with E-state index in [1.165, 1.54) is 9.13 Å². The van der Waals surface area contributed by atoms with Gasteiger partial charge in [-0.25, -0.2) is 10.2 Å². The molecule has 5 nitrogen and oxygen atoms in total. The van der Waals surface area contributed by atoms with E-state index in [4.69, 9.17) is 0 Å². The molecule has 0 radical (unpaired) electrons. The molecule has 138 valence electrons. The predicted octanol–water partition coefficient (Wildman–Crippen LogP) is 5.16. The van der Waals surface area contributed by atoms with E-state index in [1.54, 1.807) is 6.21 Å². The van der Waals surface area contributed by atoms with Crippen molar-refractivity contribution in [2.24, 2.45) is 5.10 Å². The highest BCUT2D eigenvalue weighted by molar-refractivity contribution is 14.1. The predicted molar refractivity (Wildman–Crippen MR) is 119 cm³/mol. The zero-order valence-corrected chi connectivity index (χ0v) is 17.6. The fraction of sp³-hybridized carbons (Fsp3) is 0.143. The Kier molecular flexibility index (Phi) is 5.95. The highest BCUT2D eigenvalue weighted by Crippen LogP contribution is 2.22. The largest absolute Gasteiger partial charge is 0.339 e.